The van der Waals surface area contributed by atoms with E-state index in [2.05, 4.69) is 10.3 Å². The number of nitrogens with zero attached hydrogens (tertiary/aromatic N) is 2. The summed E-state index contributed by atoms with van der Waals surface area (Å²) in [5.74, 6) is -0.0192. The molecule has 4 nitrogen and oxygen atoms in total. The van der Waals surface area contributed by atoms with Crippen molar-refractivity contribution in [2.45, 2.75) is 19.0 Å². The highest BCUT2D eigenvalue weighted by molar-refractivity contribution is 6.30. The summed E-state index contributed by atoms with van der Waals surface area (Å²) in [5, 5.41) is 3.62. The molecule has 0 radical (unpaired) electrons. The number of carbonyl (C=O) groups excluding carboxylic acids is 1. The molecule has 0 spiro atoms. The number of carbonyl (C=O) groups is 1. The molecule has 3 aromatic rings. The van der Waals surface area contributed by atoms with E-state index in [1.807, 2.05) is 71.6 Å². The molecule has 3 rings (SSSR count). The lowest BCUT2D eigenvalue weighted by molar-refractivity contribution is -0.121. The lowest BCUT2D eigenvalue weighted by Crippen LogP contribution is -2.26. The maximum absolute atomic E-state index is 12.4. The fourth-order valence-electron chi connectivity index (χ4n) is 2.58. The standard InChI is InChI=1S/C19H18ClN3O/c20-16-8-6-15(7-9-16)18(23-11-3-4-12-23)13-19(24)22-14-17-5-1-2-10-21-17/h1-12,18H,13-14H2,(H,22,24)/t18-/m0/s1. The number of nitrogens with one attached hydrogen (secondary N) is 1. The molecule has 0 fully saturated rings. The van der Waals surface area contributed by atoms with Gasteiger partial charge in [-0.1, -0.05) is 29.8 Å². The fraction of sp³-hybridized carbons (Fsp3) is 0.158. The van der Waals surface area contributed by atoms with Crippen molar-refractivity contribution in [1.82, 2.24) is 14.9 Å². The van der Waals surface area contributed by atoms with Gasteiger partial charge in [0.2, 0.25) is 5.91 Å². The number of halogens is 1. The lowest BCUT2D eigenvalue weighted by Gasteiger charge is -2.19. The van der Waals surface area contributed by atoms with Gasteiger partial charge in [0.1, 0.15) is 0 Å². The molecule has 0 aliphatic heterocycles. The zero-order valence-electron chi connectivity index (χ0n) is 13.1. The van der Waals surface area contributed by atoms with Crippen LogP contribution in [0.1, 0.15) is 23.7 Å². The van der Waals surface area contributed by atoms with Gasteiger partial charge >= 0.3 is 0 Å². The Morgan fingerprint density at radius 3 is 2.50 bits per heavy atom. The van der Waals surface area contributed by atoms with E-state index in [1.165, 1.54) is 0 Å². The summed E-state index contributed by atoms with van der Waals surface area (Å²) in [5.41, 5.74) is 1.89. The highest BCUT2D eigenvalue weighted by atomic mass is 35.5. The Labute approximate surface area is 146 Å². The van der Waals surface area contributed by atoms with Crippen LogP contribution in [0, 0.1) is 0 Å². The van der Waals surface area contributed by atoms with E-state index in [0.717, 1.165) is 11.3 Å². The molecule has 0 saturated carbocycles. The van der Waals surface area contributed by atoms with Crippen molar-refractivity contribution in [2.24, 2.45) is 0 Å². The average molecular weight is 340 g/mol. The van der Waals surface area contributed by atoms with E-state index < -0.39 is 0 Å². The summed E-state index contributed by atoms with van der Waals surface area (Å²) in [6.45, 7) is 0.429. The van der Waals surface area contributed by atoms with Crippen molar-refractivity contribution >= 4 is 17.5 Å². The molecule has 0 aliphatic carbocycles. The molecule has 2 aromatic heterocycles. The van der Waals surface area contributed by atoms with Crippen LogP contribution in [-0.4, -0.2) is 15.5 Å². The molecule has 1 N–H and O–H groups in total. The van der Waals surface area contributed by atoms with Gasteiger partial charge < -0.3 is 9.88 Å². The predicted molar refractivity (Wildman–Crippen MR) is 94.7 cm³/mol. The SMILES string of the molecule is O=C(C[C@@H](c1ccc(Cl)cc1)n1cccc1)NCc1ccccn1. The number of benzene rings is 1. The summed E-state index contributed by atoms with van der Waals surface area (Å²) in [6, 6.07) is 17.1. The van der Waals surface area contributed by atoms with Gasteiger partial charge in [-0.3, -0.25) is 9.78 Å². The average Bonchev–Trinajstić information content (AvgIpc) is 3.14. The van der Waals surface area contributed by atoms with E-state index in [1.54, 1.807) is 6.20 Å². The minimum Gasteiger partial charge on any atom is -0.350 e. The summed E-state index contributed by atoms with van der Waals surface area (Å²) in [4.78, 5) is 16.6. The normalized spacial score (nSPS) is 11.9. The van der Waals surface area contributed by atoms with Crippen molar-refractivity contribution in [3.63, 3.8) is 0 Å². The second-order valence-corrected chi connectivity index (χ2v) is 5.94. The predicted octanol–water partition coefficient (Wildman–Crippen LogP) is 3.83. The molecule has 24 heavy (non-hydrogen) atoms. The molecule has 0 aliphatic rings. The van der Waals surface area contributed by atoms with Crippen LogP contribution in [0.15, 0.2) is 73.2 Å². The highest BCUT2D eigenvalue weighted by Crippen LogP contribution is 2.24. The molecule has 5 heteroatoms. The van der Waals surface area contributed by atoms with E-state index in [9.17, 15) is 4.79 Å². The minimum absolute atomic E-state index is 0.0192. The van der Waals surface area contributed by atoms with E-state index in [0.29, 0.717) is 18.0 Å². The number of aromatic nitrogens is 2. The maximum Gasteiger partial charge on any atom is 0.222 e. The van der Waals surface area contributed by atoms with Crippen molar-refractivity contribution in [2.75, 3.05) is 0 Å². The summed E-state index contributed by atoms with van der Waals surface area (Å²) >= 11 is 5.97. The van der Waals surface area contributed by atoms with Crippen LogP contribution in [0.4, 0.5) is 0 Å². The Bertz CT molecular complexity index is 770. The maximum atomic E-state index is 12.4. The molecular weight excluding hydrogens is 322 g/mol. The Morgan fingerprint density at radius 2 is 1.83 bits per heavy atom. The summed E-state index contributed by atoms with van der Waals surface area (Å²) in [6.07, 6.45) is 6.00. The van der Waals surface area contributed by atoms with Gasteiger partial charge in [-0.25, -0.2) is 0 Å². The van der Waals surface area contributed by atoms with Crippen LogP contribution >= 0.6 is 11.6 Å². The van der Waals surface area contributed by atoms with E-state index in [4.69, 9.17) is 11.6 Å². The molecule has 1 amide bonds. The van der Waals surface area contributed by atoms with Gasteiger partial charge in [0.05, 0.1) is 24.7 Å². The molecule has 1 aromatic carbocycles. The van der Waals surface area contributed by atoms with E-state index in [-0.39, 0.29) is 11.9 Å². The third-order valence-electron chi connectivity index (χ3n) is 3.81. The second kappa shape index (κ2) is 7.79. The Kier molecular flexibility index (Phi) is 5.29. The zero-order chi connectivity index (χ0) is 16.8. The number of hydrogen-bond acceptors (Lipinski definition) is 2. The van der Waals surface area contributed by atoms with Crippen molar-refractivity contribution in [3.05, 3.63) is 89.5 Å². The van der Waals surface area contributed by atoms with Crippen LogP contribution in [0.5, 0.6) is 0 Å². The zero-order valence-corrected chi connectivity index (χ0v) is 13.9. The Balaban J connectivity index is 1.70. The number of hydrogen-bond donors (Lipinski definition) is 1. The van der Waals surface area contributed by atoms with Gasteiger partial charge in [-0.15, -0.1) is 0 Å². The quantitative estimate of drug-likeness (QED) is 0.741. The van der Waals surface area contributed by atoms with Crippen molar-refractivity contribution < 1.29 is 4.79 Å². The van der Waals surface area contributed by atoms with Gasteiger partial charge in [0.25, 0.3) is 0 Å². The third-order valence-corrected chi connectivity index (χ3v) is 4.07. The van der Waals surface area contributed by atoms with Gasteiger partial charge in [-0.2, -0.15) is 0 Å². The third kappa shape index (κ3) is 4.24. The summed E-state index contributed by atoms with van der Waals surface area (Å²) < 4.78 is 2.03. The van der Waals surface area contributed by atoms with Gasteiger partial charge in [0.15, 0.2) is 0 Å². The molecule has 0 unspecified atom stereocenters. The molecule has 1 atom stereocenters. The van der Waals surface area contributed by atoms with Crippen LogP contribution in [0.3, 0.4) is 0 Å². The van der Waals surface area contributed by atoms with Gasteiger partial charge in [-0.05, 0) is 42.0 Å². The van der Waals surface area contributed by atoms with Crippen LogP contribution in [0.2, 0.25) is 5.02 Å². The molecule has 0 saturated heterocycles. The van der Waals surface area contributed by atoms with Crippen molar-refractivity contribution in [1.29, 1.82) is 0 Å². The second-order valence-electron chi connectivity index (χ2n) is 5.50. The van der Waals surface area contributed by atoms with Crippen LogP contribution < -0.4 is 5.32 Å². The lowest BCUT2D eigenvalue weighted by atomic mass is 10.0. The smallest absolute Gasteiger partial charge is 0.222 e. The fourth-order valence-corrected chi connectivity index (χ4v) is 2.70. The minimum atomic E-state index is -0.0685. The number of pyridine rings is 1. The van der Waals surface area contributed by atoms with Gasteiger partial charge in [0, 0.05) is 23.6 Å². The monoisotopic (exact) mass is 339 g/mol. The number of rotatable bonds is 6. The van der Waals surface area contributed by atoms with Crippen molar-refractivity contribution in [3.8, 4) is 0 Å². The topological polar surface area (TPSA) is 46.9 Å². The first kappa shape index (κ1) is 16.3. The molecule has 122 valence electrons. The first-order valence-electron chi connectivity index (χ1n) is 7.77. The first-order valence-corrected chi connectivity index (χ1v) is 8.15. The Morgan fingerprint density at radius 1 is 1.08 bits per heavy atom. The highest BCUT2D eigenvalue weighted by Gasteiger charge is 2.17. The van der Waals surface area contributed by atoms with Crippen LogP contribution in [-0.2, 0) is 11.3 Å². The molecule has 2 heterocycles. The number of amides is 1. The van der Waals surface area contributed by atoms with Crippen LogP contribution in [0.25, 0.3) is 0 Å². The first-order chi connectivity index (χ1) is 11.7. The molecule has 0 bridgehead atoms. The van der Waals surface area contributed by atoms with E-state index >= 15 is 0 Å². The Hall–Kier alpha value is -2.59. The summed E-state index contributed by atoms with van der Waals surface area (Å²) in [7, 11) is 0. The molecular formula is C19H18ClN3O. The largest absolute Gasteiger partial charge is 0.350 e.